The standard InChI is InChI=1S/C8H17NO2S.ClH/c1-6(2)4-12-5-7(9)8(10)11-3;/h6-7H,4-5,9H2,1-3H3;1H/t7-;/m0./s1. The molecule has 0 fully saturated rings. The van der Waals surface area contributed by atoms with Crippen molar-refractivity contribution in [3.8, 4) is 0 Å². The molecule has 5 heteroatoms. The highest BCUT2D eigenvalue weighted by Crippen LogP contribution is 2.08. The van der Waals surface area contributed by atoms with Crippen molar-refractivity contribution in [3.05, 3.63) is 0 Å². The van der Waals surface area contributed by atoms with Crippen molar-refractivity contribution in [3.63, 3.8) is 0 Å². The largest absolute Gasteiger partial charge is 0.468 e. The molecule has 0 aliphatic rings. The summed E-state index contributed by atoms with van der Waals surface area (Å²) >= 11 is 1.69. The zero-order valence-corrected chi connectivity index (χ0v) is 9.91. The summed E-state index contributed by atoms with van der Waals surface area (Å²) in [5, 5.41) is 0. The van der Waals surface area contributed by atoms with E-state index in [1.165, 1.54) is 7.11 Å². The summed E-state index contributed by atoms with van der Waals surface area (Å²) in [4.78, 5) is 10.8. The average molecular weight is 228 g/mol. The normalized spacial score (nSPS) is 12.1. The summed E-state index contributed by atoms with van der Waals surface area (Å²) in [5.41, 5.74) is 5.52. The number of halogens is 1. The van der Waals surface area contributed by atoms with Crippen LogP contribution in [0.4, 0.5) is 0 Å². The molecule has 0 aromatic heterocycles. The first-order valence-corrected chi connectivity index (χ1v) is 5.14. The van der Waals surface area contributed by atoms with E-state index in [1.54, 1.807) is 11.8 Å². The number of rotatable bonds is 5. The molecule has 0 rings (SSSR count). The molecule has 0 aliphatic heterocycles. The number of esters is 1. The lowest BCUT2D eigenvalue weighted by Crippen LogP contribution is -2.34. The molecule has 0 aromatic carbocycles. The number of ether oxygens (including phenoxy) is 1. The Morgan fingerprint density at radius 2 is 2.00 bits per heavy atom. The van der Waals surface area contributed by atoms with E-state index in [-0.39, 0.29) is 18.4 Å². The van der Waals surface area contributed by atoms with Crippen LogP contribution in [0.1, 0.15) is 13.8 Å². The highest BCUT2D eigenvalue weighted by Gasteiger charge is 2.12. The van der Waals surface area contributed by atoms with Crippen molar-refractivity contribution >= 4 is 30.1 Å². The Labute approximate surface area is 90.2 Å². The Hall–Kier alpha value is 0.0700. The van der Waals surface area contributed by atoms with Gasteiger partial charge in [0.05, 0.1) is 7.11 Å². The Bertz CT molecular complexity index is 144. The number of nitrogens with two attached hydrogens (primary N) is 1. The molecule has 13 heavy (non-hydrogen) atoms. The van der Waals surface area contributed by atoms with Gasteiger partial charge in [0.25, 0.3) is 0 Å². The van der Waals surface area contributed by atoms with Gasteiger partial charge in [0.15, 0.2) is 0 Å². The average Bonchev–Trinajstić information content (AvgIpc) is 2.02. The Morgan fingerprint density at radius 3 is 2.38 bits per heavy atom. The maximum atomic E-state index is 10.8. The van der Waals surface area contributed by atoms with Gasteiger partial charge in [0.1, 0.15) is 6.04 Å². The fourth-order valence-electron chi connectivity index (χ4n) is 0.650. The first kappa shape index (κ1) is 15.5. The molecule has 0 bridgehead atoms. The minimum Gasteiger partial charge on any atom is -0.468 e. The van der Waals surface area contributed by atoms with E-state index in [2.05, 4.69) is 18.6 Å². The van der Waals surface area contributed by atoms with Crippen LogP contribution < -0.4 is 5.73 Å². The Morgan fingerprint density at radius 1 is 1.46 bits per heavy atom. The third-order valence-corrected chi connectivity index (χ3v) is 2.75. The number of methoxy groups -OCH3 is 1. The minimum atomic E-state index is -0.473. The van der Waals surface area contributed by atoms with Crippen LogP contribution in [0.15, 0.2) is 0 Å². The molecule has 0 aliphatic carbocycles. The van der Waals surface area contributed by atoms with Gasteiger partial charge in [-0.2, -0.15) is 11.8 Å². The second-order valence-corrected chi connectivity index (χ2v) is 4.14. The van der Waals surface area contributed by atoms with E-state index >= 15 is 0 Å². The minimum absolute atomic E-state index is 0. The van der Waals surface area contributed by atoms with Crippen LogP contribution in [0, 0.1) is 5.92 Å². The van der Waals surface area contributed by atoms with Gasteiger partial charge in [-0.05, 0) is 11.7 Å². The summed E-state index contributed by atoms with van der Waals surface area (Å²) in [6, 6.07) is -0.473. The monoisotopic (exact) mass is 227 g/mol. The molecule has 80 valence electrons. The Kier molecular flexibility index (Phi) is 10.3. The van der Waals surface area contributed by atoms with Gasteiger partial charge in [0, 0.05) is 5.75 Å². The maximum Gasteiger partial charge on any atom is 0.323 e. The quantitative estimate of drug-likeness (QED) is 0.720. The zero-order chi connectivity index (χ0) is 9.56. The second-order valence-electron chi connectivity index (χ2n) is 3.06. The number of carbonyl (C=O) groups is 1. The van der Waals surface area contributed by atoms with Crippen molar-refractivity contribution in [1.29, 1.82) is 0 Å². The topological polar surface area (TPSA) is 52.3 Å². The summed E-state index contributed by atoms with van der Waals surface area (Å²) in [5.74, 6) is 1.99. The fraction of sp³-hybridized carbons (Fsp3) is 0.875. The molecule has 0 amide bonds. The van der Waals surface area contributed by atoms with Crippen LogP contribution in [-0.4, -0.2) is 30.6 Å². The van der Waals surface area contributed by atoms with E-state index in [1.807, 2.05) is 0 Å². The highest BCUT2D eigenvalue weighted by atomic mass is 35.5. The molecule has 0 spiro atoms. The zero-order valence-electron chi connectivity index (χ0n) is 8.28. The van der Waals surface area contributed by atoms with Crippen LogP contribution in [0.5, 0.6) is 0 Å². The molecule has 0 saturated carbocycles. The van der Waals surface area contributed by atoms with Gasteiger partial charge < -0.3 is 10.5 Å². The van der Waals surface area contributed by atoms with E-state index in [0.29, 0.717) is 11.7 Å². The predicted octanol–water partition coefficient (Wildman–Crippen LogP) is 1.30. The molecular formula is C8H18ClNO2S. The molecule has 2 N–H and O–H groups in total. The van der Waals surface area contributed by atoms with Gasteiger partial charge in [-0.15, -0.1) is 12.4 Å². The summed E-state index contributed by atoms with van der Waals surface area (Å²) < 4.78 is 4.49. The molecule has 0 aromatic rings. The molecule has 1 atom stereocenters. The lowest BCUT2D eigenvalue weighted by atomic mass is 10.3. The fourth-order valence-corrected chi connectivity index (χ4v) is 1.65. The first-order chi connectivity index (χ1) is 5.57. The van der Waals surface area contributed by atoms with Gasteiger partial charge in [-0.25, -0.2) is 0 Å². The number of thioether (sulfide) groups is 1. The smallest absolute Gasteiger partial charge is 0.323 e. The molecular weight excluding hydrogens is 210 g/mol. The van der Waals surface area contributed by atoms with E-state index in [0.717, 1.165) is 5.75 Å². The highest BCUT2D eigenvalue weighted by molar-refractivity contribution is 7.99. The number of hydrogen-bond donors (Lipinski definition) is 1. The van der Waals surface area contributed by atoms with Crippen molar-refractivity contribution < 1.29 is 9.53 Å². The third-order valence-electron chi connectivity index (χ3n) is 1.25. The van der Waals surface area contributed by atoms with Gasteiger partial charge >= 0.3 is 5.97 Å². The lowest BCUT2D eigenvalue weighted by molar-refractivity contribution is -0.141. The van der Waals surface area contributed by atoms with Crippen LogP contribution >= 0.6 is 24.2 Å². The van der Waals surface area contributed by atoms with Crippen LogP contribution in [0.25, 0.3) is 0 Å². The maximum absolute atomic E-state index is 10.8. The van der Waals surface area contributed by atoms with Gasteiger partial charge in [-0.3, -0.25) is 4.79 Å². The van der Waals surface area contributed by atoms with E-state index in [4.69, 9.17) is 5.73 Å². The number of carbonyl (C=O) groups excluding carboxylic acids is 1. The van der Waals surface area contributed by atoms with E-state index in [9.17, 15) is 4.79 Å². The van der Waals surface area contributed by atoms with E-state index < -0.39 is 6.04 Å². The van der Waals surface area contributed by atoms with Gasteiger partial charge in [-0.1, -0.05) is 13.8 Å². The van der Waals surface area contributed by atoms with Crippen molar-refractivity contribution in [2.45, 2.75) is 19.9 Å². The van der Waals surface area contributed by atoms with Crippen molar-refractivity contribution in [2.75, 3.05) is 18.6 Å². The predicted molar refractivity (Wildman–Crippen MR) is 59.4 cm³/mol. The summed E-state index contributed by atoms with van der Waals surface area (Å²) in [6.45, 7) is 4.27. The van der Waals surface area contributed by atoms with Crippen LogP contribution in [-0.2, 0) is 9.53 Å². The summed E-state index contributed by atoms with van der Waals surface area (Å²) in [7, 11) is 1.36. The summed E-state index contributed by atoms with van der Waals surface area (Å²) in [6.07, 6.45) is 0. The van der Waals surface area contributed by atoms with Crippen molar-refractivity contribution in [1.82, 2.24) is 0 Å². The lowest BCUT2D eigenvalue weighted by Gasteiger charge is -2.09. The molecule has 3 nitrogen and oxygen atoms in total. The second kappa shape index (κ2) is 8.66. The molecule has 0 unspecified atom stereocenters. The van der Waals surface area contributed by atoms with Crippen LogP contribution in [0.2, 0.25) is 0 Å². The molecule has 0 radical (unpaired) electrons. The SMILES string of the molecule is COC(=O)[C@@H](N)CSCC(C)C.Cl. The van der Waals surface area contributed by atoms with Gasteiger partial charge in [0.2, 0.25) is 0 Å². The van der Waals surface area contributed by atoms with Crippen molar-refractivity contribution in [2.24, 2.45) is 11.7 Å². The van der Waals surface area contributed by atoms with Crippen LogP contribution in [0.3, 0.4) is 0 Å². The number of hydrogen-bond acceptors (Lipinski definition) is 4. The Balaban J connectivity index is 0. The first-order valence-electron chi connectivity index (χ1n) is 3.99. The molecule has 0 saturated heterocycles. The molecule has 0 heterocycles. The third kappa shape index (κ3) is 8.40.